The van der Waals surface area contributed by atoms with Gasteiger partial charge in [0.1, 0.15) is 5.82 Å². The number of hydrogen-bond donors (Lipinski definition) is 2. The summed E-state index contributed by atoms with van der Waals surface area (Å²) in [6.07, 6.45) is 1.16. The van der Waals surface area contributed by atoms with Crippen LogP contribution in [0.1, 0.15) is 36.2 Å². The van der Waals surface area contributed by atoms with Crippen molar-refractivity contribution in [3.63, 3.8) is 0 Å². The molecule has 0 aliphatic rings. The van der Waals surface area contributed by atoms with E-state index in [2.05, 4.69) is 10.2 Å². The summed E-state index contributed by atoms with van der Waals surface area (Å²) in [4.78, 5) is 37.8. The SMILES string of the molecule is CC(=O)c1ccccc1CCCN(CCNc1cc(=O)n(C)c(=O)n1C)CC(C)O. The number of aliphatic hydroxyl groups excluding tert-OH is 1. The van der Waals surface area contributed by atoms with Crippen LogP contribution in [0.5, 0.6) is 0 Å². The molecule has 2 N–H and O–H groups in total. The number of anilines is 1. The van der Waals surface area contributed by atoms with Crippen molar-refractivity contribution in [2.75, 3.05) is 31.5 Å². The molecule has 1 unspecified atom stereocenters. The van der Waals surface area contributed by atoms with Crippen LogP contribution in [0.2, 0.25) is 0 Å². The van der Waals surface area contributed by atoms with Crippen LogP contribution >= 0.6 is 0 Å². The Kier molecular flexibility index (Phi) is 8.56. The van der Waals surface area contributed by atoms with Crippen LogP contribution in [0.4, 0.5) is 5.82 Å². The van der Waals surface area contributed by atoms with Crippen molar-refractivity contribution < 1.29 is 9.90 Å². The van der Waals surface area contributed by atoms with Gasteiger partial charge < -0.3 is 10.4 Å². The molecular weight excluding hydrogens is 384 g/mol. The number of nitrogens with zero attached hydrogens (tertiary/aromatic N) is 3. The number of carbonyl (C=O) groups excluding carboxylic acids is 1. The maximum absolute atomic E-state index is 12.0. The number of Topliss-reactive ketones (excluding diaryl/α,β-unsaturated/α-hetero) is 1. The Bertz CT molecular complexity index is 978. The van der Waals surface area contributed by atoms with Gasteiger partial charge in [-0.15, -0.1) is 0 Å². The van der Waals surface area contributed by atoms with Crippen LogP contribution in [0, 0.1) is 0 Å². The number of rotatable bonds is 11. The zero-order valence-electron chi connectivity index (χ0n) is 18.2. The highest BCUT2D eigenvalue weighted by atomic mass is 16.3. The molecule has 1 atom stereocenters. The van der Waals surface area contributed by atoms with E-state index in [-0.39, 0.29) is 17.0 Å². The largest absolute Gasteiger partial charge is 0.392 e. The zero-order valence-corrected chi connectivity index (χ0v) is 18.2. The van der Waals surface area contributed by atoms with E-state index in [0.29, 0.717) is 25.5 Å². The normalized spacial score (nSPS) is 12.2. The van der Waals surface area contributed by atoms with Gasteiger partial charge in [-0.25, -0.2) is 4.79 Å². The number of aliphatic hydroxyl groups is 1. The first kappa shape index (κ1) is 23.6. The van der Waals surface area contributed by atoms with Crippen molar-refractivity contribution in [3.8, 4) is 0 Å². The molecule has 0 bridgehead atoms. The number of aromatic nitrogens is 2. The Morgan fingerprint density at radius 3 is 2.53 bits per heavy atom. The van der Waals surface area contributed by atoms with Crippen molar-refractivity contribution in [1.82, 2.24) is 14.0 Å². The van der Waals surface area contributed by atoms with E-state index in [9.17, 15) is 19.5 Å². The van der Waals surface area contributed by atoms with E-state index in [1.807, 2.05) is 24.3 Å². The predicted molar refractivity (Wildman–Crippen MR) is 118 cm³/mol. The molecule has 30 heavy (non-hydrogen) atoms. The molecule has 1 aromatic heterocycles. The lowest BCUT2D eigenvalue weighted by Crippen LogP contribution is -2.39. The first-order valence-electron chi connectivity index (χ1n) is 10.2. The molecule has 8 heteroatoms. The van der Waals surface area contributed by atoms with Crippen LogP contribution in [-0.2, 0) is 20.5 Å². The molecule has 1 aromatic carbocycles. The smallest absolute Gasteiger partial charge is 0.332 e. The fraction of sp³-hybridized carbons (Fsp3) is 0.500. The molecule has 2 rings (SSSR count). The molecule has 2 aromatic rings. The lowest BCUT2D eigenvalue weighted by atomic mass is 10.0. The minimum atomic E-state index is -0.470. The Labute approximate surface area is 176 Å². The minimum absolute atomic E-state index is 0.0650. The molecule has 0 saturated carbocycles. The lowest BCUT2D eigenvalue weighted by Gasteiger charge is -2.24. The Morgan fingerprint density at radius 2 is 1.87 bits per heavy atom. The van der Waals surface area contributed by atoms with Crippen LogP contribution in [0.25, 0.3) is 0 Å². The van der Waals surface area contributed by atoms with E-state index in [0.717, 1.165) is 35.1 Å². The van der Waals surface area contributed by atoms with E-state index < -0.39 is 6.10 Å². The number of hydrogen-bond acceptors (Lipinski definition) is 6. The second kappa shape index (κ2) is 10.9. The second-order valence-corrected chi connectivity index (χ2v) is 7.66. The van der Waals surface area contributed by atoms with Crippen LogP contribution in [-0.4, -0.2) is 57.2 Å². The van der Waals surface area contributed by atoms with Crippen LogP contribution in [0.15, 0.2) is 39.9 Å². The third-order valence-electron chi connectivity index (χ3n) is 5.10. The van der Waals surface area contributed by atoms with Gasteiger partial charge in [0.2, 0.25) is 0 Å². The lowest BCUT2D eigenvalue weighted by molar-refractivity contribution is 0.101. The van der Waals surface area contributed by atoms with Gasteiger partial charge in [0.15, 0.2) is 5.78 Å². The van der Waals surface area contributed by atoms with Crippen molar-refractivity contribution in [3.05, 3.63) is 62.3 Å². The fourth-order valence-corrected chi connectivity index (χ4v) is 3.49. The first-order chi connectivity index (χ1) is 14.2. The Hall–Kier alpha value is -2.71. The molecule has 0 aliphatic carbocycles. The second-order valence-electron chi connectivity index (χ2n) is 7.66. The van der Waals surface area contributed by atoms with Gasteiger partial charge in [0.25, 0.3) is 5.56 Å². The molecule has 1 heterocycles. The average molecular weight is 417 g/mol. The van der Waals surface area contributed by atoms with Crippen molar-refractivity contribution in [2.45, 2.75) is 32.8 Å². The molecule has 0 aliphatic heterocycles. The van der Waals surface area contributed by atoms with Gasteiger partial charge >= 0.3 is 5.69 Å². The van der Waals surface area contributed by atoms with Crippen LogP contribution in [0.3, 0.4) is 0 Å². The molecule has 0 fully saturated rings. The van der Waals surface area contributed by atoms with Crippen molar-refractivity contribution >= 4 is 11.6 Å². The van der Waals surface area contributed by atoms with Gasteiger partial charge in [-0.3, -0.25) is 23.6 Å². The van der Waals surface area contributed by atoms with E-state index in [4.69, 9.17) is 0 Å². The zero-order chi connectivity index (χ0) is 22.3. The standard InChI is InChI=1S/C22H32N4O4/c1-16(27)15-26(12-7-9-18-8-5-6-10-19(18)17(2)28)13-11-23-20-14-21(29)25(4)22(30)24(20)3/h5-6,8,10,14,16,23,27H,7,9,11-13,15H2,1-4H3. The average Bonchev–Trinajstić information content (AvgIpc) is 2.69. The van der Waals surface area contributed by atoms with Gasteiger partial charge in [-0.2, -0.15) is 0 Å². The minimum Gasteiger partial charge on any atom is -0.392 e. The number of ketones is 1. The summed E-state index contributed by atoms with van der Waals surface area (Å²) in [5, 5.41) is 13.0. The molecule has 8 nitrogen and oxygen atoms in total. The van der Waals surface area contributed by atoms with Crippen LogP contribution < -0.4 is 16.6 Å². The molecule has 0 saturated heterocycles. The van der Waals surface area contributed by atoms with Gasteiger partial charge in [0, 0.05) is 45.4 Å². The molecule has 0 radical (unpaired) electrons. The summed E-state index contributed by atoms with van der Waals surface area (Å²) < 4.78 is 2.46. The van der Waals surface area contributed by atoms with Gasteiger partial charge in [-0.1, -0.05) is 24.3 Å². The summed E-state index contributed by atoms with van der Waals surface area (Å²) in [6, 6.07) is 9.04. The highest BCUT2D eigenvalue weighted by Gasteiger charge is 2.11. The Morgan fingerprint density at radius 1 is 1.17 bits per heavy atom. The number of carbonyl (C=O) groups is 1. The maximum Gasteiger partial charge on any atom is 0.332 e. The monoisotopic (exact) mass is 416 g/mol. The van der Waals surface area contributed by atoms with E-state index in [1.165, 1.54) is 17.7 Å². The third-order valence-corrected chi connectivity index (χ3v) is 5.10. The molecule has 0 spiro atoms. The summed E-state index contributed by atoms with van der Waals surface area (Å²) in [7, 11) is 3.06. The number of nitrogens with one attached hydrogen (secondary N) is 1. The predicted octanol–water partition coefficient (Wildman–Crippen LogP) is 1.01. The highest BCUT2D eigenvalue weighted by Crippen LogP contribution is 2.12. The van der Waals surface area contributed by atoms with Crippen molar-refractivity contribution in [1.29, 1.82) is 0 Å². The summed E-state index contributed by atoms with van der Waals surface area (Å²) in [5.41, 5.74) is 1.06. The Balaban J connectivity index is 1.95. The number of benzene rings is 1. The topological polar surface area (TPSA) is 96.6 Å². The summed E-state index contributed by atoms with van der Waals surface area (Å²) in [5.74, 6) is 0.533. The molecule has 0 amide bonds. The number of aryl methyl sites for hydroxylation is 1. The first-order valence-corrected chi connectivity index (χ1v) is 10.2. The maximum atomic E-state index is 12.0. The van der Waals surface area contributed by atoms with Crippen molar-refractivity contribution in [2.24, 2.45) is 14.1 Å². The third kappa shape index (κ3) is 6.40. The van der Waals surface area contributed by atoms with E-state index >= 15 is 0 Å². The summed E-state index contributed by atoms with van der Waals surface area (Å²) >= 11 is 0. The fourth-order valence-electron chi connectivity index (χ4n) is 3.49. The summed E-state index contributed by atoms with van der Waals surface area (Å²) in [6.45, 7) is 5.77. The molecule has 164 valence electrons. The molecular formula is C22H32N4O4. The van der Waals surface area contributed by atoms with Gasteiger partial charge in [-0.05, 0) is 38.8 Å². The highest BCUT2D eigenvalue weighted by molar-refractivity contribution is 5.95. The quantitative estimate of drug-likeness (QED) is 0.531. The van der Waals surface area contributed by atoms with E-state index in [1.54, 1.807) is 20.9 Å². The van der Waals surface area contributed by atoms with Gasteiger partial charge in [0.05, 0.1) is 6.10 Å².